The zero-order valence-corrected chi connectivity index (χ0v) is 14.1. The molecule has 126 valence electrons. The molecule has 1 aliphatic heterocycles. The third-order valence-corrected chi connectivity index (χ3v) is 4.36. The second kappa shape index (κ2) is 5.91. The number of hydrogen-bond donors (Lipinski definition) is 2. The Morgan fingerprint density at radius 3 is 2.84 bits per heavy atom. The number of aromatic nitrogens is 2. The lowest BCUT2D eigenvalue weighted by Gasteiger charge is -2.32. The standard InChI is InChI=1S/C20H18FN3O/c1-13-7-16(3-4-17(13)21)23-18-9-15-10-22-24-19(15)8-14(18)5-6-20(2)11-25-12-20/h3-4,7-10,23H,11-12H2,1-2H3,(H,22,24). The van der Waals surface area contributed by atoms with Crippen LogP contribution in [-0.4, -0.2) is 23.4 Å². The fourth-order valence-corrected chi connectivity index (χ4v) is 2.77. The third-order valence-electron chi connectivity index (χ3n) is 4.36. The van der Waals surface area contributed by atoms with Gasteiger partial charge in [-0.2, -0.15) is 5.10 Å². The van der Waals surface area contributed by atoms with E-state index in [0.717, 1.165) is 27.8 Å². The Hall–Kier alpha value is -2.84. The fourth-order valence-electron chi connectivity index (χ4n) is 2.77. The number of fused-ring (bicyclic) bond motifs is 1. The number of nitrogens with zero attached hydrogens (tertiary/aromatic N) is 1. The fraction of sp³-hybridized carbons (Fsp3) is 0.250. The average molecular weight is 335 g/mol. The molecule has 1 aliphatic rings. The van der Waals surface area contributed by atoms with Crippen LogP contribution < -0.4 is 5.32 Å². The Morgan fingerprint density at radius 1 is 1.28 bits per heavy atom. The summed E-state index contributed by atoms with van der Waals surface area (Å²) in [7, 11) is 0. The summed E-state index contributed by atoms with van der Waals surface area (Å²) in [5.74, 6) is 6.36. The number of nitrogens with one attached hydrogen (secondary N) is 2. The Kier molecular flexibility index (Phi) is 3.70. The molecular weight excluding hydrogens is 317 g/mol. The summed E-state index contributed by atoms with van der Waals surface area (Å²) in [5, 5.41) is 11.4. The number of rotatable bonds is 2. The van der Waals surface area contributed by atoms with Gasteiger partial charge in [0.2, 0.25) is 0 Å². The number of ether oxygens (including phenoxy) is 1. The van der Waals surface area contributed by atoms with Crippen LogP contribution in [0.25, 0.3) is 10.9 Å². The maximum Gasteiger partial charge on any atom is 0.126 e. The minimum atomic E-state index is -0.214. The zero-order valence-electron chi connectivity index (χ0n) is 14.1. The number of benzene rings is 2. The maximum absolute atomic E-state index is 13.5. The molecule has 1 fully saturated rings. The lowest BCUT2D eigenvalue weighted by Crippen LogP contribution is -2.38. The highest BCUT2D eigenvalue weighted by atomic mass is 19.1. The molecule has 2 aromatic carbocycles. The number of aryl methyl sites for hydroxylation is 1. The van der Waals surface area contributed by atoms with Gasteiger partial charge in [-0.05, 0) is 49.7 Å². The molecular formula is C20H18FN3O. The van der Waals surface area contributed by atoms with Crippen molar-refractivity contribution < 1.29 is 9.13 Å². The number of hydrogen-bond acceptors (Lipinski definition) is 3. The first-order valence-corrected chi connectivity index (χ1v) is 8.14. The molecule has 1 aromatic heterocycles. The number of anilines is 2. The molecule has 2 heterocycles. The molecule has 0 unspecified atom stereocenters. The second-order valence-electron chi connectivity index (χ2n) is 6.75. The third kappa shape index (κ3) is 3.09. The molecule has 4 nitrogen and oxygen atoms in total. The van der Waals surface area contributed by atoms with Gasteiger partial charge in [-0.3, -0.25) is 5.10 Å². The molecule has 1 saturated heterocycles. The van der Waals surface area contributed by atoms with E-state index in [9.17, 15) is 4.39 Å². The molecule has 0 radical (unpaired) electrons. The Bertz CT molecular complexity index is 1010. The van der Waals surface area contributed by atoms with Crippen molar-refractivity contribution in [3.05, 3.63) is 53.5 Å². The zero-order chi connectivity index (χ0) is 17.4. The van der Waals surface area contributed by atoms with Gasteiger partial charge in [-0.25, -0.2) is 4.39 Å². The van der Waals surface area contributed by atoms with Gasteiger partial charge in [0.25, 0.3) is 0 Å². The largest absolute Gasteiger partial charge is 0.378 e. The molecule has 2 N–H and O–H groups in total. The van der Waals surface area contributed by atoms with Crippen molar-refractivity contribution in [1.82, 2.24) is 10.2 Å². The van der Waals surface area contributed by atoms with Crippen LogP contribution in [0.3, 0.4) is 0 Å². The number of halogens is 1. The minimum absolute atomic E-state index is 0.0906. The Labute approximate surface area is 145 Å². The van der Waals surface area contributed by atoms with Gasteiger partial charge in [-0.15, -0.1) is 0 Å². The molecule has 0 saturated carbocycles. The van der Waals surface area contributed by atoms with Crippen molar-refractivity contribution in [3.8, 4) is 11.8 Å². The predicted molar refractivity (Wildman–Crippen MR) is 96.3 cm³/mol. The monoisotopic (exact) mass is 335 g/mol. The van der Waals surface area contributed by atoms with Crippen molar-refractivity contribution in [2.45, 2.75) is 13.8 Å². The van der Waals surface area contributed by atoms with E-state index in [4.69, 9.17) is 4.74 Å². The van der Waals surface area contributed by atoms with Crippen molar-refractivity contribution in [2.24, 2.45) is 5.41 Å². The highest BCUT2D eigenvalue weighted by Crippen LogP contribution is 2.28. The lowest BCUT2D eigenvalue weighted by molar-refractivity contribution is -0.0648. The van der Waals surface area contributed by atoms with Crippen LogP contribution in [0.5, 0.6) is 0 Å². The first kappa shape index (κ1) is 15.7. The van der Waals surface area contributed by atoms with E-state index in [1.54, 1.807) is 25.3 Å². The summed E-state index contributed by atoms with van der Waals surface area (Å²) in [6.45, 7) is 5.16. The average Bonchev–Trinajstić information content (AvgIpc) is 3.01. The number of H-pyrrole nitrogens is 1. The normalized spacial score (nSPS) is 15.3. The summed E-state index contributed by atoms with van der Waals surface area (Å²) >= 11 is 0. The summed E-state index contributed by atoms with van der Waals surface area (Å²) in [5.41, 5.74) is 4.00. The number of aromatic amines is 1. The predicted octanol–water partition coefficient (Wildman–Crippen LogP) is 4.14. The summed E-state index contributed by atoms with van der Waals surface area (Å²) < 4.78 is 18.8. The van der Waals surface area contributed by atoms with E-state index in [0.29, 0.717) is 18.8 Å². The van der Waals surface area contributed by atoms with E-state index in [1.165, 1.54) is 6.07 Å². The van der Waals surface area contributed by atoms with Gasteiger partial charge in [0.05, 0.1) is 41.6 Å². The van der Waals surface area contributed by atoms with Crippen molar-refractivity contribution in [3.63, 3.8) is 0 Å². The van der Waals surface area contributed by atoms with Crippen LogP contribution in [-0.2, 0) is 4.74 Å². The molecule has 0 bridgehead atoms. The van der Waals surface area contributed by atoms with Gasteiger partial charge < -0.3 is 10.1 Å². The first-order valence-electron chi connectivity index (χ1n) is 8.14. The van der Waals surface area contributed by atoms with Gasteiger partial charge in [0, 0.05) is 11.1 Å². The van der Waals surface area contributed by atoms with Gasteiger partial charge in [0.1, 0.15) is 5.82 Å². The van der Waals surface area contributed by atoms with Crippen LogP contribution in [0.4, 0.5) is 15.8 Å². The van der Waals surface area contributed by atoms with E-state index >= 15 is 0 Å². The molecule has 3 aromatic rings. The Morgan fingerprint density at radius 2 is 2.12 bits per heavy atom. The molecule has 0 amide bonds. The van der Waals surface area contributed by atoms with E-state index < -0.39 is 0 Å². The van der Waals surface area contributed by atoms with Crippen molar-refractivity contribution in [1.29, 1.82) is 0 Å². The summed E-state index contributed by atoms with van der Waals surface area (Å²) in [4.78, 5) is 0. The van der Waals surface area contributed by atoms with Crippen molar-refractivity contribution >= 4 is 22.3 Å². The molecule has 25 heavy (non-hydrogen) atoms. The van der Waals surface area contributed by atoms with Crippen LogP contribution in [0.15, 0.2) is 36.5 Å². The van der Waals surface area contributed by atoms with E-state index in [1.807, 2.05) is 12.1 Å². The summed E-state index contributed by atoms with van der Waals surface area (Å²) in [6.07, 6.45) is 1.77. The van der Waals surface area contributed by atoms with Gasteiger partial charge >= 0.3 is 0 Å². The second-order valence-corrected chi connectivity index (χ2v) is 6.75. The SMILES string of the molecule is Cc1cc(Nc2cc3cn[nH]c3cc2C#CC2(C)COC2)ccc1F. The van der Waals surface area contributed by atoms with Crippen LogP contribution >= 0.6 is 0 Å². The first-order chi connectivity index (χ1) is 12.0. The molecule has 0 aliphatic carbocycles. The quantitative estimate of drug-likeness (QED) is 0.692. The molecule has 4 rings (SSSR count). The van der Waals surface area contributed by atoms with Gasteiger partial charge in [0.15, 0.2) is 0 Å². The van der Waals surface area contributed by atoms with Crippen LogP contribution in [0.1, 0.15) is 18.1 Å². The molecule has 0 spiro atoms. The summed E-state index contributed by atoms with van der Waals surface area (Å²) in [6, 6.07) is 8.96. The van der Waals surface area contributed by atoms with Crippen LogP contribution in [0, 0.1) is 30.0 Å². The highest BCUT2D eigenvalue weighted by molar-refractivity contribution is 5.86. The Balaban J connectivity index is 1.74. The van der Waals surface area contributed by atoms with Crippen LogP contribution in [0.2, 0.25) is 0 Å². The van der Waals surface area contributed by atoms with E-state index in [-0.39, 0.29) is 11.2 Å². The maximum atomic E-state index is 13.5. The minimum Gasteiger partial charge on any atom is -0.378 e. The van der Waals surface area contributed by atoms with Gasteiger partial charge in [-0.1, -0.05) is 11.8 Å². The highest BCUT2D eigenvalue weighted by Gasteiger charge is 2.31. The molecule has 0 atom stereocenters. The lowest BCUT2D eigenvalue weighted by atomic mass is 9.89. The smallest absolute Gasteiger partial charge is 0.126 e. The van der Waals surface area contributed by atoms with E-state index in [2.05, 4.69) is 34.3 Å². The topological polar surface area (TPSA) is 49.9 Å². The van der Waals surface area contributed by atoms with Crippen molar-refractivity contribution in [2.75, 3.05) is 18.5 Å². The molecule has 5 heteroatoms.